The standard InChI is InChI=1S/C25H18O4/c1-15-10-12-16(13-11-15)25-14-19(17-6-2-5-9-21(17)28-25)22-23(29-25)18-7-3-4-8-20(18)27-24(22)26/h2-13,19H,14H2,1H3. The van der Waals surface area contributed by atoms with Gasteiger partial charge < -0.3 is 13.9 Å². The van der Waals surface area contributed by atoms with Crippen LogP contribution >= 0.6 is 0 Å². The van der Waals surface area contributed by atoms with Crippen LogP contribution in [0.1, 0.15) is 34.6 Å². The molecule has 4 aromatic rings. The van der Waals surface area contributed by atoms with Crippen LogP contribution in [-0.2, 0) is 5.79 Å². The van der Waals surface area contributed by atoms with E-state index in [0.717, 1.165) is 22.3 Å². The van der Waals surface area contributed by atoms with Crippen molar-refractivity contribution in [3.8, 4) is 11.5 Å². The predicted octanol–water partition coefficient (Wildman–Crippen LogP) is 5.26. The lowest BCUT2D eigenvalue weighted by Crippen LogP contribution is -2.48. The molecule has 2 unspecified atom stereocenters. The summed E-state index contributed by atoms with van der Waals surface area (Å²) in [6.45, 7) is 2.05. The molecule has 1 aromatic heterocycles. The van der Waals surface area contributed by atoms with Gasteiger partial charge in [-0.2, -0.15) is 0 Å². The summed E-state index contributed by atoms with van der Waals surface area (Å²) < 4.78 is 18.7. The Hall–Kier alpha value is -3.53. The van der Waals surface area contributed by atoms with Gasteiger partial charge in [-0.3, -0.25) is 0 Å². The highest BCUT2D eigenvalue weighted by atomic mass is 16.7. The first kappa shape index (κ1) is 16.4. The van der Waals surface area contributed by atoms with Crippen molar-refractivity contribution in [2.75, 3.05) is 0 Å². The molecule has 0 fully saturated rings. The van der Waals surface area contributed by atoms with E-state index < -0.39 is 5.79 Å². The molecule has 0 N–H and O–H groups in total. The Morgan fingerprint density at radius 2 is 1.66 bits per heavy atom. The Bertz CT molecular complexity index is 1320. The summed E-state index contributed by atoms with van der Waals surface area (Å²) in [6.07, 6.45) is 0.517. The van der Waals surface area contributed by atoms with E-state index in [1.54, 1.807) is 6.07 Å². The number of fused-ring (bicyclic) bond motifs is 8. The van der Waals surface area contributed by atoms with Crippen LogP contribution in [-0.4, -0.2) is 0 Å². The fraction of sp³-hybridized carbons (Fsp3) is 0.160. The van der Waals surface area contributed by atoms with Gasteiger partial charge in [0.05, 0.1) is 10.9 Å². The van der Waals surface area contributed by atoms with Gasteiger partial charge in [-0.1, -0.05) is 60.2 Å². The summed E-state index contributed by atoms with van der Waals surface area (Å²) in [6, 6.07) is 23.5. The van der Waals surface area contributed by atoms with Crippen molar-refractivity contribution in [1.82, 2.24) is 0 Å². The molecule has 0 amide bonds. The first-order chi connectivity index (χ1) is 14.1. The first-order valence-electron chi connectivity index (χ1n) is 9.74. The molecule has 6 rings (SSSR count). The van der Waals surface area contributed by atoms with Gasteiger partial charge in [0.15, 0.2) is 0 Å². The number of rotatable bonds is 1. The molecule has 2 aliphatic heterocycles. The van der Waals surface area contributed by atoms with Gasteiger partial charge in [0, 0.05) is 23.5 Å². The SMILES string of the molecule is Cc1ccc(C23CC(c4ccccc4O2)c2c(c4ccccc4oc2=O)O3)cc1. The van der Waals surface area contributed by atoms with Crippen LogP contribution in [0.25, 0.3) is 11.0 Å². The number of hydrogen-bond donors (Lipinski definition) is 0. The molecule has 0 spiro atoms. The second kappa shape index (κ2) is 5.74. The van der Waals surface area contributed by atoms with Crippen molar-refractivity contribution in [2.45, 2.75) is 25.0 Å². The highest BCUT2D eigenvalue weighted by Gasteiger charge is 2.51. The lowest BCUT2D eigenvalue weighted by atomic mass is 9.78. The summed E-state index contributed by atoms with van der Waals surface area (Å²) in [5.74, 6) is 0.146. The summed E-state index contributed by atoms with van der Waals surface area (Å²) in [7, 11) is 0. The molecule has 142 valence electrons. The Kier molecular flexibility index (Phi) is 3.25. The van der Waals surface area contributed by atoms with E-state index in [4.69, 9.17) is 13.9 Å². The maximum Gasteiger partial charge on any atom is 0.343 e. The van der Waals surface area contributed by atoms with Crippen molar-refractivity contribution in [1.29, 1.82) is 0 Å². The van der Waals surface area contributed by atoms with Crippen LogP contribution < -0.4 is 15.1 Å². The minimum absolute atomic E-state index is 0.161. The molecule has 2 bridgehead atoms. The predicted molar refractivity (Wildman–Crippen MR) is 109 cm³/mol. The lowest BCUT2D eigenvalue weighted by Gasteiger charge is -2.46. The van der Waals surface area contributed by atoms with Crippen LogP contribution in [0.15, 0.2) is 82.0 Å². The van der Waals surface area contributed by atoms with E-state index >= 15 is 0 Å². The van der Waals surface area contributed by atoms with Gasteiger partial charge in [-0.05, 0) is 25.1 Å². The highest BCUT2D eigenvalue weighted by molar-refractivity contribution is 5.85. The Morgan fingerprint density at radius 3 is 2.52 bits per heavy atom. The maximum atomic E-state index is 13.0. The van der Waals surface area contributed by atoms with Gasteiger partial charge in [0.2, 0.25) is 0 Å². The van der Waals surface area contributed by atoms with Gasteiger partial charge in [0.25, 0.3) is 5.79 Å². The zero-order valence-electron chi connectivity index (χ0n) is 15.8. The van der Waals surface area contributed by atoms with Crippen LogP contribution in [0.3, 0.4) is 0 Å². The van der Waals surface area contributed by atoms with E-state index in [1.807, 2.05) is 54.6 Å². The van der Waals surface area contributed by atoms with E-state index in [0.29, 0.717) is 23.3 Å². The quantitative estimate of drug-likeness (QED) is 0.421. The van der Waals surface area contributed by atoms with Gasteiger partial charge in [0.1, 0.15) is 17.1 Å². The van der Waals surface area contributed by atoms with E-state index in [2.05, 4.69) is 19.1 Å². The summed E-state index contributed by atoms with van der Waals surface area (Å²) >= 11 is 0. The molecule has 0 saturated heterocycles. The average Bonchev–Trinajstić information content (AvgIpc) is 2.74. The smallest absolute Gasteiger partial charge is 0.343 e. The van der Waals surface area contributed by atoms with Crippen molar-refractivity contribution in [3.05, 3.63) is 105 Å². The van der Waals surface area contributed by atoms with Crippen LogP contribution in [0, 0.1) is 6.92 Å². The van der Waals surface area contributed by atoms with Crippen molar-refractivity contribution < 1.29 is 13.9 Å². The normalized spacial score (nSPS) is 21.6. The summed E-state index contributed by atoms with van der Waals surface area (Å²) in [5.41, 5.74) is 3.83. The van der Waals surface area contributed by atoms with Crippen LogP contribution in [0.2, 0.25) is 0 Å². The first-order valence-corrected chi connectivity index (χ1v) is 9.74. The average molecular weight is 382 g/mol. The van der Waals surface area contributed by atoms with Crippen molar-refractivity contribution in [3.63, 3.8) is 0 Å². The van der Waals surface area contributed by atoms with Crippen LogP contribution in [0.4, 0.5) is 0 Å². The summed E-state index contributed by atoms with van der Waals surface area (Å²) in [5, 5.41) is 0.784. The third-order valence-electron chi connectivity index (χ3n) is 5.95. The molecular weight excluding hydrogens is 364 g/mol. The maximum absolute atomic E-state index is 13.0. The van der Waals surface area contributed by atoms with Crippen LogP contribution in [0.5, 0.6) is 11.5 Å². The number of benzene rings is 3. The van der Waals surface area contributed by atoms with Crippen molar-refractivity contribution in [2.24, 2.45) is 0 Å². The number of aryl methyl sites for hydroxylation is 1. The zero-order chi connectivity index (χ0) is 19.6. The molecule has 0 radical (unpaired) electrons. The third-order valence-corrected chi connectivity index (χ3v) is 5.95. The van der Waals surface area contributed by atoms with Crippen molar-refractivity contribution >= 4 is 11.0 Å². The second-order valence-electron chi connectivity index (χ2n) is 7.75. The molecule has 4 heteroatoms. The lowest BCUT2D eigenvalue weighted by molar-refractivity contribution is -0.148. The Balaban J connectivity index is 1.69. The Morgan fingerprint density at radius 1 is 0.897 bits per heavy atom. The van der Waals surface area contributed by atoms with Gasteiger partial charge in [-0.25, -0.2) is 4.79 Å². The highest BCUT2D eigenvalue weighted by Crippen LogP contribution is 2.55. The van der Waals surface area contributed by atoms with E-state index in [1.165, 1.54) is 5.56 Å². The van der Waals surface area contributed by atoms with E-state index in [9.17, 15) is 4.79 Å². The monoisotopic (exact) mass is 382 g/mol. The molecule has 2 aliphatic rings. The number of para-hydroxylation sites is 2. The minimum atomic E-state index is -0.990. The molecule has 0 aliphatic carbocycles. The molecule has 3 heterocycles. The Labute approximate surface area is 167 Å². The fourth-order valence-electron chi connectivity index (χ4n) is 4.53. The van der Waals surface area contributed by atoms with E-state index in [-0.39, 0.29) is 11.5 Å². The largest absolute Gasteiger partial charge is 0.448 e. The van der Waals surface area contributed by atoms with Gasteiger partial charge in [-0.15, -0.1) is 0 Å². The zero-order valence-corrected chi connectivity index (χ0v) is 15.8. The third kappa shape index (κ3) is 2.29. The molecule has 29 heavy (non-hydrogen) atoms. The molecule has 2 atom stereocenters. The minimum Gasteiger partial charge on any atom is -0.448 e. The fourth-order valence-corrected chi connectivity index (χ4v) is 4.53. The molecule has 4 nitrogen and oxygen atoms in total. The summed E-state index contributed by atoms with van der Waals surface area (Å²) in [4.78, 5) is 13.0. The molecule has 3 aromatic carbocycles. The number of hydrogen-bond acceptors (Lipinski definition) is 4. The molecular formula is C25H18O4. The van der Waals surface area contributed by atoms with Gasteiger partial charge >= 0.3 is 5.63 Å². The molecule has 0 saturated carbocycles. The second-order valence-corrected chi connectivity index (χ2v) is 7.75. The number of ether oxygens (including phenoxy) is 2. The topological polar surface area (TPSA) is 48.7 Å².